The highest BCUT2D eigenvalue weighted by molar-refractivity contribution is 6.31. The van der Waals surface area contributed by atoms with Crippen molar-refractivity contribution in [2.24, 2.45) is 0 Å². The van der Waals surface area contributed by atoms with E-state index in [0.29, 0.717) is 41.0 Å². The summed E-state index contributed by atoms with van der Waals surface area (Å²) in [4.78, 5) is 31.4. The molecule has 0 fully saturated rings. The Morgan fingerprint density at radius 3 is 2.73 bits per heavy atom. The van der Waals surface area contributed by atoms with Gasteiger partial charge in [0.25, 0.3) is 5.56 Å². The molecule has 0 saturated heterocycles. The number of benzene rings is 2. The fraction of sp³-hybridized carbons (Fsp3) is 0.250. The number of halogens is 1. The lowest BCUT2D eigenvalue weighted by Gasteiger charge is -2.15. The minimum atomic E-state index is -0.158. The molecule has 26 heavy (non-hydrogen) atoms. The van der Waals surface area contributed by atoms with E-state index in [9.17, 15) is 9.59 Å². The normalized spacial score (nSPS) is 12.1. The van der Waals surface area contributed by atoms with Crippen LogP contribution in [-0.2, 0) is 11.2 Å². The number of rotatable bonds is 6. The Morgan fingerprint density at radius 2 is 1.92 bits per heavy atom. The first-order valence-electron chi connectivity index (χ1n) is 8.56. The number of H-pyrrole nitrogens is 1. The summed E-state index contributed by atoms with van der Waals surface area (Å²) in [5.41, 5.74) is 1.41. The molecular weight excluding hydrogens is 350 g/mol. The predicted octanol–water partition coefficient (Wildman–Crippen LogP) is 3.78. The summed E-state index contributed by atoms with van der Waals surface area (Å²) < 4.78 is 0. The van der Waals surface area contributed by atoms with Gasteiger partial charge in [-0.3, -0.25) is 9.59 Å². The molecule has 3 aromatic rings. The highest BCUT2D eigenvalue weighted by Crippen LogP contribution is 2.22. The molecule has 1 amide bonds. The third-order valence-corrected chi connectivity index (χ3v) is 4.57. The minimum Gasteiger partial charge on any atom is -0.350 e. The lowest BCUT2D eigenvalue weighted by atomic mass is 10.1. The molecule has 2 N–H and O–H groups in total. The third-order valence-electron chi connectivity index (χ3n) is 4.23. The van der Waals surface area contributed by atoms with Crippen molar-refractivity contribution in [1.82, 2.24) is 15.3 Å². The van der Waals surface area contributed by atoms with E-state index < -0.39 is 0 Å². The van der Waals surface area contributed by atoms with E-state index in [4.69, 9.17) is 11.6 Å². The summed E-state index contributed by atoms with van der Waals surface area (Å²) in [6.45, 7) is 1.90. The molecule has 0 aliphatic heterocycles. The Labute approximate surface area is 156 Å². The van der Waals surface area contributed by atoms with Gasteiger partial charge in [-0.25, -0.2) is 4.98 Å². The number of amides is 1. The number of para-hydroxylation sites is 1. The van der Waals surface area contributed by atoms with Crippen molar-refractivity contribution in [2.45, 2.75) is 32.2 Å². The van der Waals surface area contributed by atoms with E-state index in [1.807, 2.05) is 43.3 Å². The van der Waals surface area contributed by atoms with E-state index >= 15 is 0 Å². The average molecular weight is 370 g/mol. The lowest BCUT2D eigenvalue weighted by Crippen LogP contribution is -2.26. The van der Waals surface area contributed by atoms with Crippen molar-refractivity contribution in [3.8, 4) is 0 Å². The minimum absolute atomic E-state index is 0.0550. The van der Waals surface area contributed by atoms with Crippen molar-refractivity contribution in [2.75, 3.05) is 0 Å². The van der Waals surface area contributed by atoms with Crippen molar-refractivity contribution < 1.29 is 4.79 Å². The summed E-state index contributed by atoms with van der Waals surface area (Å²) >= 11 is 6.16. The standard InChI is InChI=1S/C20H20ClN3O2/c1-13(14-7-2-4-9-16(14)21)22-19(25)12-6-11-18-23-17-10-5-3-8-15(17)20(26)24-18/h2-5,7-10,13H,6,11-12H2,1H3,(H,22,25)(H,23,24,26). The van der Waals surface area contributed by atoms with Gasteiger partial charge in [-0.05, 0) is 37.1 Å². The predicted molar refractivity (Wildman–Crippen MR) is 103 cm³/mol. The number of aromatic amines is 1. The molecule has 1 unspecified atom stereocenters. The number of aromatic nitrogens is 2. The molecule has 0 spiro atoms. The summed E-state index contributed by atoms with van der Waals surface area (Å²) in [6.07, 6.45) is 1.49. The van der Waals surface area contributed by atoms with Gasteiger partial charge >= 0.3 is 0 Å². The van der Waals surface area contributed by atoms with Gasteiger partial charge in [0.2, 0.25) is 5.91 Å². The lowest BCUT2D eigenvalue weighted by molar-refractivity contribution is -0.121. The number of aryl methyl sites for hydroxylation is 1. The number of hydrogen-bond acceptors (Lipinski definition) is 3. The average Bonchev–Trinajstić information content (AvgIpc) is 2.62. The molecule has 1 heterocycles. The number of carbonyl (C=O) groups is 1. The molecule has 1 atom stereocenters. The fourth-order valence-electron chi connectivity index (χ4n) is 2.89. The van der Waals surface area contributed by atoms with Crippen LogP contribution in [0.5, 0.6) is 0 Å². The van der Waals surface area contributed by atoms with E-state index in [-0.39, 0.29) is 17.5 Å². The smallest absolute Gasteiger partial charge is 0.258 e. The Kier molecular flexibility index (Phi) is 5.68. The monoisotopic (exact) mass is 369 g/mol. The quantitative estimate of drug-likeness (QED) is 0.694. The van der Waals surface area contributed by atoms with Crippen LogP contribution < -0.4 is 10.9 Å². The van der Waals surface area contributed by atoms with Crippen LogP contribution >= 0.6 is 11.6 Å². The van der Waals surface area contributed by atoms with Gasteiger partial charge in [0.1, 0.15) is 5.82 Å². The van der Waals surface area contributed by atoms with Crippen molar-refractivity contribution >= 4 is 28.4 Å². The molecule has 2 aromatic carbocycles. The first kappa shape index (κ1) is 18.1. The second kappa shape index (κ2) is 8.15. The van der Waals surface area contributed by atoms with Crippen LogP contribution in [-0.4, -0.2) is 15.9 Å². The van der Waals surface area contributed by atoms with Crippen molar-refractivity contribution in [3.05, 3.63) is 75.3 Å². The number of nitrogens with one attached hydrogen (secondary N) is 2. The second-order valence-electron chi connectivity index (χ2n) is 6.19. The van der Waals surface area contributed by atoms with Gasteiger partial charge in [-0.2, -0.15) is 0 Å². The zero-order valence-corrected chi connectivity index (χ0v) is 15.2. The summed E-state index contributed by atoms with van der Waals surface area (Å²) in [5, 5.41) is 4.16. The molecule has 6 heteroatoms. The van der Waals surface area contributed by atoms with Crippen LogP contribution in [0.15, 0.2) is 53.3 Å². The number of carbonyl (C=O) groups excluding carboxylic acids is 1. The molecule has 0 radical (unpaired) electrons. The number of hydrogen-bond donors (Lipinski definition) is 2. The third kappa shape index (κ3) is 4.29. The zero-order chi connectivity index (χ0) is 18.5. The maximum absolute atomic E-state index is 12.2. The van der Waals surface area contributed by atoms with Gasteiger partial charge < -0.3 is 10.3 Å². The van der Waals surface area contributed by atoms with E-state index in [2.05, 4.69) is 15.3 Å². The van der Waals surface area contributed by atoms with Crippen molar-refractivity contribution in [3.63, 3.8) is 0 Å². The molecule has 0 saturated carbocycles. The Balaban J connectivity index is 1.56. The Hall–Kier alpha value is -2.66. The highest BCUT2D eigenvalue weighted by atomic mass is 35.5. The van der Waals surface area contributed by atoms with Gasteiger partial charge in [0, 0.05) is 17.9 Å². The van der Waals surface area contributed by atoms with Gasteiger partial charge in [0.15, 0.2) is 0 Å². The topological polar surface area (TPSA) is 74.8 Å². The molecular formula is C20H20ClN3O2. The zero-order valence-electron chi connectivity index (χ0n) is 14.5. The molecule has 5 nitrogen and oxygen atoms in total. The summed E-state index contributed by atoms with van der Waals surface area (Å²) in [5.74, 6) is 0.543. The Morgan fingerprint density at radius 1 is 1.19 bits per heavy atom. The van der Waals surface area contributed by atoms with Crippen molar-refractivity contribution in [1.29, 1.82) is 0 Å². The first-order chi connectivity index (χ1) is 12.5. The van der Waals surface area contributed by atoms with Crippen LogP contribution in [0.2, 0.25) is 5.02 Å². The first-order valence-corrected chi connectivity index (χ1v) is 8.94. The molecule has 134 valence electrons. The fourth-order valence-corrected chi connectivity index (χ4v) is 3.19. The largest absolute Gasteiger partial charge is 0.350 e. The maximum atomic E-state index is 12.2. The SMILES string of the molecule is CC(NC(=O)CCCc1nc2ccccc2c(=O)[nH]1)c1ccccc1Cl. The van der Waals surface area contributed by atoms with Crippen LogP contribution in [0, 0.1) is 0 Å². The van der Waals surface area contributed by atoms with Crippen LogP contribution in [0.3, 0.4) is 0 Å². The van der Waals surface area contributed by atoms with E-state index in [0.717, 1.165) is 5.56 Å². The highest BCUT2D eigenvalue weighted by Gasteiger charge is 2.12. The molecule has 3 rings (SSSR count). The van der Waals surface area contributed by atoms with Gasteiger partial charge in [0.05, 0.1) is 16.9 Å². The molecule has 0 aliphatic rings. The van der Waals surface area contributed by atoms with Crippen LogP contribution in [0.25, 0.3) is 10.9 Å². The van der Waals surface area contributed by atoms with Crippen LogP contribution in [0.4, 0.5) is 0 Å². The van der Waals surface area contributed by atoms with Crippen LogP contribution in [0.1, 0.15) is 37.2 Å². The number of nitrogens with zero attached hydrogens (tertiary/aromatic N) is 1. The van der Waals surface area contributed by atoms with Gasteiger partial charge in [-0.15, -0.1) is 0 Å². The summed E-state index contributed by atoms with van der Waals surface area (Å²) in [7, 11) is 0. The molecule has 0 bridgehead atoms. The number of fused-ring (bicyclic) bond motifs is 1. The van der Waals surface area contributed by atoms with E-state index in [1.54, 1.807) is 12.1 Å². The van der Waals surface area contributed by atoms with Gasteiger partial charge in [-0.1, -0.05) is 41.9 Å². The van der Waals surface area contributed by atoms with E-state index in [1.165, 1.54) is 0 Å². The summed E-state index contributed by atoms with van der Waals surface area (Å²) in [6, 6.07) is 14.5. The molecule has 0 aliphatic carbocycles. The maximum Gasteiger partial charge on any atom is 0.258 e. The Bertz CT molecular complexity index is 984. The molecule has 1 aromatic heterocycles. The second-order valence-corrected chi connectivity index (χ2v) is 6.60.